The van der Waals surface area contributed by atoms with Gasteiger partial charge in [-0.3, -0.25) is 0 Å². The molecule has 0 amide bonds. The third-order valence-electron chi connectivity index (χ3n) is 2.96. The SMILES string of the molecule is COCC1(F)CC2CCC(C1)N2. The van der Waals surface area contributed by atoms with E-state index in [0.717, 1.165) is 12.8 Å². The number of hydrogen-bond donors (Lipinski definition) is 1. The Morgan fingerprint density at radius 3 is 2.50 bits per heavy atom. The molecule has 0 aromatic rings. The minimum Gasteiger partial charge on any atom is -0.381 e. The summed E-state index contributed by atoms with van der Waals surface area (Å²) < 4.78 is 18.9. The Hall–Kier alpha value is -0.150. The molecule has 0 aromatic heterocycles. The second kappa shape index (κ2) is 2.96. The van der Waals surface area contributed by atoms with Crippen LogP contribution in [0.15, 0.2) is 0 Å². The zero-order chi connectivity index (χ0) is 8.60. The molecule has 0 saturated carbocycles. The highest BCUT2D eigenvalue weighted by Gasteiger charge is 2.43. The lowest BCUT2D eigenvalue weighted by Gasteiger charge is -2.34. The van der Waals surface area contributed by atoms with E-state index in [1.165, 1.54) is 0 Å². The number of nitrogens with one attached hydrogen (secondary N) is 1. The molecule has 12 heavy (non-hydrogen) atoms. The van der Waals surface area contributed by atoms with Crippen LogP contribution >= 0.6 is 0 Å². The van der Waals surface area contributed by atoms with Crippen molar-refractivity contribution in [3.63, 3.8) is 0 Å². The van der Waals surface area contributed by atoms with Crippen LogP contribution < -0.4 is 5.32 Å². The van der Waals surface area contributed by atoms with Crippen molar-refractivity contribution in [2.45, 2.75) is 43.4 Å². The van der Waals surface area contributed by atoms with Crippen molar-refractivity contribution in [2.75, 3.05) is 13.7 Å². The van der Waals surface area contributed by atoms with Crippen LogP contribution in [0.1, 0.15) is 25.7 Å². The number of fused-ring (bicyclic) bond motifs is 2. The van der Waals surface area contributed by atoms with E-state index in [0.29, 0.717) is 24.9 Å². The fourth-order valence-electron chi connectivity index (χ4n) is 2.57. The zero-order valence-electron chi connectivity index (χ0n) is 7.48. The molecule has 1 N–H and O–H groups in total. The number of hydrogen-bond acceptors (Lipinski definition) is 2. The largest absolute Gasteiger partial charge is 0.381 e. The fourth-order valence-corrected chi connectivity index (χ4v) is 2.57. The van der Waals surface area contributed by atoms with Gasteiger partial charge in [-0.25, -0.2) is 4.39 Å². The average Bonchev–Trinajstić information content (AvgIpc) is 2.31. The molecule has 0 radical (unpaired) electrons. The van der Waals surface area contributed by atoms with Gasteiger partial charge in [0.05, 0.1) is 6.61 Å². The number of rotatable bonds is 2. The summed E-state index contributed by atoms with van der Waals surface area (Å²) in [5.41, 5.74) is -1.05. The van der Waals surface area contributed by atoms with Gasteiger partial charge < -0.3 is 10.1 Å². The van der Waals surface area contributed by atoms with Crippen molar-refractivity contribution in [2.24, 2.45) is 0 Å². The van der Waals surface area contributed by atoms with Crippen LogP contribution in [0.25, 0.3) is 0 Å². The first-order valence-electron chi connectivity index (χ1n) is 4.66. The molecular formula is C9H16FNO. The van der Waals surface area contributed by atoms with Crippen molar-refractivity contribution >= 4 is 0 Å². The van der Waals surface area contributed by atoms with Gasteiger partial charge in [-0.1, -0.05) is 0 Å². The van der Waals surface area contributed by atoms with Crippen molar-refractivity contribution < 1.29 is 9.13 Å². The summed E-state index contributed by atoms with van der Waals surface area (Å²) in [7, 11) is 1.57. The van der Waals surface area contributed by atoms with E-state index in [2.05, 4.69) is 5.32 Å². The van der Waals surface area contributed by atoms with E-state index in [1.54, 1.807) is 7.11 Å². The quantitative estimate of drug-likeness (QED) is 0.678. The standard InChI is InChI=1S/C9H16FNO/c1-12-6-9(10)4-7-2-3-8(5-9)11-7/h7-8,11H,2-6H2,1H3. The molecule has 0 aliphatic carbocycles. The lowest BCUT2D eigenvalue weighted by Crippen LogP contribution is -2.48. The molecule has 2 heterocycles. The van der Waals surface area contributed by atoms with Gasteiger partial charge in [0.15, 0.2) is 0 Å². The fraction of sp³-hybridized carbons (Fsp3) is 1.00. The Kier molecular flexibility index (Phi) is 2.09. The third kappa shape index (κ3) is 1.48. The first-order chi connectivity index (χ1) is 5.72. The van der Waals surface area contributed by atoms with E-state index >= 15 is 0 Å². The highest BCUT2D eigenvalue weighted by atomic mass is 19.1. The van der Waals surface area contributed by atoms with Crippen LogP contribution in [0.4, 0.5) is 4.39 Å². The maximum Gasteiger partial charge on any atom is 0.137 e. The number of ether oxygens (including phenoxy) is 1. The van der Waals surface area contributed by atoms with Gasteiger partial charge in [0.1, 0.15) is 5.67 Å². The zero-order valence-corrected chi connectivity index (χ0v) is 7.48. The molecule has 0 spiro atoms. The maximum atomic E-state index is 13.9. The minimum atomic E-state index is -1.05. The van der Waals surface area contributed by atoms with Crippen LogP contribution in [0, 0.1) is 0 Å². The molecule has 0 aromatic carbocycles. The molecule has 3 heteroatoms. The summed E-state index contributed by atoms with van der Waals surface area (Å²) in [5, 5.41) is 3.41. The molecule has 2 aliphatic rings. The van der Waals surface area contributed by atoms with E-state index in [4.69, 9.17) is 4.74 Å². The summed E-state index contributed by atoms with van der Waals surface area (Å²) in [4.78, 5) is 0. The molecule has 2 rings (SSSR count). The predicted molar refractivity (Wildman–Crippen MR) is 44.9 cm³/mol. The highest BCUT2D eigenvalue weighted by molar-refractivity contribution is 5.00. The topological polar surface area (TPSA) is 21.3 Å². The van der Waals surface area contributed by atoms with E-state index < -0.39 is 5.67 Å². The molecule has 2 fully saturated rings. The maximum absolute atomic E-state index is 13.9. The van der Waals surface area contributed by atoms with Crippen LogP contribution in [0.3, 0.4) is 0 Å². The first-order valence-corrected chi connectivity index (χ1v) is 4.66. The highest BCUT2D eigenvalue weighted by Crippen LogP contribution is 2.36. The van der Waals surface area contributed by atoms with Gasteiger partial charge in [-0.15, -0.1) is 0 Å². The van der Waals surface area contributed by atoms with E-state index in [1.807, 2.05) is 0 Å². The molecule has 2 bridgehead atoms. The molecule has 2 saturated heterocycles. The van der Waals surface area contributed by atoms with Crippen molar-refractivity contribution in [3.05, 3.63) is 0 Å². The van der Waals surface area contributed by atoms with Gasteiger partial charge in [-0.05, 0) is 25.7 Å². The Balaban J connectivity index is 2.00. The second-order valence-corrected chi connectivity index (χ2v) is 4.13. The van der Waals surface area contributed by atoms with E-state index in [-0.39, 0.29) is 6.61 Å². The Bertz CT molecular complexity index is 162. The minimum absolute atomic E-state index is 0.266. The second-order valence-electron chi connectivity index (χ2n) is 4.13. The monoisotopic (exact) mass is 173 g/mol. The summed E-state index contributed by atoms with van der Waals surface area (Å²) in [5.74, 6) is 0. The summed E-state index contributed by atoms with van der Waals surface area (Å²) in [6.45, 7) is 0.266. The van der Waals surface area contributed by atoms with Crippen molar-refractivity contribution in [3.8, 4) is 0 Å². The van der Waals surface area contributed by atoms with Gasteiger partial charge in [0.2, 0.25) is 0 Å². The summed E-state index contributed by atoms with van der Waals surface area (Å²) >= 11 is 0. The normalized spacial score (nSPS) is 46.5. The Morgan fingerprint density at radius 2 is 2.00 bits per heavy atom. The van der Waals surface area contributed by atoms with Crippen LogP contribution in [-0.2, 0) is 4.74 Å². The van der Waals surface area contributed by atoms with Crippen LogP contribution in [-0.4, -0.2) is 31.5 Å². The lowest BCUT2D eigenvalue weighted by molar-refractivity contribution is 0.00442. The van der Waals surface area contributed by atoms with E-state index in [9.17, 15) is 4.39 Å². The molecule has 2 unspecified atom stereocenters. The molecule has 70 valence electrons. The van der Waals surface area contributed by atoms with Crippen LogP contribution in [0.2, 0.25) is 0 Å². The Morgan fingerprint density at radius 1 is 1.42 bits per heavy atom. The molecule has 2 aliphatic heterocycles. The predicted octanol–water partition coefficient (Wildman–Crippen LogP) is 1.26. The van der Waals surface area contributed by atoms with Crippen LogP contribution in [0.5, 0.6) is 0 Å². The van der Waals surface area contributed by atoms with Gasteiger partial charge >= 0.3 is 0 Å². The summed E-state index contributed by atoms with van der Waals surface area (Å²) in [6, 6.07) is 0.813. The number of halogens is 1. The number of methoxy groups -OCH3 is 1. The molecule has 2 nitrogen and oxygen atoms in total. The first kappa shape index (κ1) is 8.45. The van der Waals surface area contributed by atoms with Gasteiger partial charge in [0, 0.05) is 19.2 Å². The lowest BCUT2D eigenvalue weighted by atomic mass is 9.90. The van der Waals surface area contributed by atoms with Gasteiger partial charge in [0.25, 0.3) is 0 Å². The summed E-state index contributed by atoms with van der Waals surface area (Å²) in [6.07, 6.45) is 3.55. The van der Waals surface area contributed by atoms with Gasteiger partial charge in [-0.2, -0.15) is 0 Å². The smallest absolute Gasteiger partial charge is 0.137 e. The molecular weight excluding hydrogens is 157 g/mol. The Labute approximate surface area is 72.5 Å². The third-order valence-corrected chi connectivity index (χ3v) is 2.96. The van der Waals surface area contributed by atoms with Crippen molar-refractivity contribution in [1.82, 2.24) is 5.32 Å². The molecule has 2 atom stereocenters. The number of alkyl halides is 1. The average molecular weight is 173 g/mol. The number of piperidine rings is 1. The van der Waals surface area contributed by atoms with Crippen molar-refractivity contribution in [1.29, 1.82) is 0 Å².